The maximum absolute atomic E-state index is 13.6. The molecule has 166 valence electrons. The van der Waals surface area contributed by atoms with Gasteiger partial charge < -0.3 is 9.64 Å². The molecule has 3 aromatic rings. The SMILES string of the molecule is CC(C)(C)OC(=O)N1CC(c2ccc(-c3ccccc3)cc2)C(C)(c2ccc(F)cc2)C1. The van der Waals surface area contributed by atoms with Gasteiger partial charge in [-0.05, 0) is 55.2 Å². The van der Waals surface area contributed by atoms with Gasteiger partial charge in [-0.3, -0.25) is 0 Å². The van der Waals surface area contributed by atoms with Crippen LogP contribution in [0.1, 0.15) is 44.7 Å². The van der Waals surface area contributed by atoms with E-state index in [1.807, 2.05) is 51.1 Å². The van der Waals surface area contributed by atoms with Gasteiger partial charge in [0.1, 0.15) is 11.4 Å². The van der Waals surface area contributed by atoms with Crippen molar-refractivity contribution in [3.05, 3.63) is 95.8 Å². The van der Waals surface area contributed by atoms with Crippen LogP contribution < -0.4 is 0 Å². The maximum atomic E-state index is 13.6. The lowest BCUT2D eigenvalue weighted by Gasteiger charge is -2.31. The molecular weight excluding hydrogens is 401 g/mol. The third-order valence-corrected chi connectivity index (χ3v) is 6.27. The van der Waals surface area contributed by atoms with E-state index in [4.69, 9.17) is 4.74 Å². The van der Waals surface area contributed by atoms with Crippen LogP contribution in [0.25, 0.3) is 11.1 Å². The summed E-state index contributed by atoms with van der Waals surface area (Å²) in [5, 5.41) is 0. The van der Waals surface area contributed by atoms with Crippen LogP contribution in [0.2, 0.25) is 0 Å². The largest absolute Gasteiger partial charge is 0.444 e. The van der Waals surface area contributed by atoms with E-state index in [2.05, 4.69) is 43.3 Å². The lowest BCUT2D eigenvalue weighted by Crippen LogP contribution is -2.37. The molecule has 2 unspecified atom stereocenters. The minimum absolute atomic E-state index is 0.0605. The molecule has 4 heteroatoms. The van der Waals surface area contributed by atoms with Crippen molar-refractivity contribution in [1.29, 1.82) is 0 Å². The molecule has 1 amide bonds. The highest BCUT2D eigenvalue weighted by Crippen LogP contribution is 2.45. The lowest BCUT2D eigenvalue weighted by molar-refractivity contribution is 0.0284. The molecule has 32 heavy (non-hydrogen) atoms. The first-order valence-corrected chi connectivity index (χ1v) is 11.0. The second kappa shape index (κ2) is 8.42. The van der Waals surface area contributed by atoms with Crippen molar-refractivity contribution in [2.45, 2.75) is 44.6 Å². The zero-order valence-electron chi connectivity index (χ0n) is 19.1. The van der Waals surface area contributed by atoms with E-state index in [1.54, 1.807) is 4.90 Å². The normalized spacial score (nSPS) is 20.9. The van der Waals surface area contributed by atoms with Crippen LogP contribution >= 0.6 is 0 Å². The number of benzene rings is 3. The fourth-order valence-electron chi connectivity index (χ4n) is 4.59. The Balaban J connectivity index is 1.68. The molecule has 0 N–H and O–H groups in total. The summed E-state index contributed by atoms with van der Waals surface area (Å²) in [6, 6.07) is 25.5. The number of amides is 1. The van der Waals surface area contributed by atoms with Gasteiger partial charge in [0, 0.05) is 24.4 Å². The summed E-state index contributed by atoms with van der Waals surface area (Å²) >= 11 is 0. The number of hydrogen-bond acceptors (Lipinski definition) is 2. The van der Waals surface area contributed by atoms with Gasteiger partial charge in [0.15, 0.2) is 0 Å². The van der Waals surface area contributed by atoms with Crippen LogP contribution in [-0.4, -0.2) is 29.7 Å². The number of rotatable bonds is 3. The molecule has 3 nitrogen and oxygen atoms in total. The van der Waals surface area contributed by atoms with E-state index in [1.165, 1.54) is 17.7 Å². The van der Waals surface area contributed by atoms with E-state index in [-0.39, 0.29) is 23.2 Å². The van der Waals surface area contributed by atoms with Crippen molar-refractivity contribution in [3.63, 3.8) is 0 Å². The van der Waals surface area contributed by atoms with Gasteiger partial charge in [0.05, 0.1) is 0 Å². The van der Waals surface area contributed by atoms with Gasteiger partial charge >= 0.3 is 6.09 Å². The Morgan fingerprint density at radius 2 is 1.53 bits per heavy atom. The van der Waals surface area contributed by atoms with Gasteiger partial charge in [-0.15, -0.1) is 0 Å². The zero-order valence-corrected chi connectivity index (χ0v) is 19.1. The Morgan fingerprint density at radius 3 is 2.12 bits per heavy atom. The Kier molecular flexibility index (Phi) is 5.81. The van der Waals surface area contributed by atoms with Gasteiger partial charge in [0.2, 0.25) is 0 Å². The van der Waals surface area contributed by atoms with Gasteiger partial charge in [-0.2, -0.15) is 0 Å². The fraction of sp³-hybridized carbons (Fsp3) is 0.321. The van der Waals surface area contributed by atoms with E-state index in [0.717, 1.165) is 16.7 Å². The molecule has 2 atom stereocenters. The minimum Gasteiger partial charge on any atom is -0.444 e. The molecule has 1 aliphatic rings. The topological polar surface area (TPSA) is 29.5 Å². The molecule has 1 fully saturated rings. The van der Waals surface area contributed by atoms with Crippen LogP contribution in [-0.2, 0) is 10.2 Å². The third-order valence-electron chi connectivity index (χ3n) is 6.27. The van der Waals surface area contributed by atoms with E-state index in [9.17, 15) is 9.18 Å². The first-order valence-electron chi connectivity index (χ1n) is 11.0. The van der Waals surface area contributed by atoms with Crippen LogP contribution in [0.3, 0.4) is 0 Å². The minimum atomic E-state index is -0.557. The molecule has 1 saturated heterocycles. The van der Waals surface area contributed by atoms with Crippen molar-refractivity contribution < 1.29 is 13.9 Å². The van der Waals surface area contributed by atoms with Crippen molar-refractivity contribution in [1.82, 2.24) is 4.90 Å². The van der Waals surface area contributed by atoms with Crippen molar-refractivity contribution in [2.24, 2.45) is 0 Å². The molecule has 0 spiro atoms. The summed E-state index contributed by atoms with van der Waals surface area (Å²) in [5.74, 6) is -0.201. The van der Waals surface area contributed by atoms with Gasteiger partial charge in [0.25, 0.3) is 0 Å². The van der Waals surface area contributed by atoms with E-state index in [0.29, 0.717) is 13.1 Å². The number of halogens is 1. The summed E-state index contributed by atoms with van der Waals surface area (Å²) in [4.78, 5) is 14.7. The van der Waals surface area contributed by atoms with Crippen LogP contribution in [0.5, 0.6) is 0 Å². The van der Waals surface area contributed by atoms with Crippen LogP contribution in [0.4, 0.5) is 9.18 Å². The molecule has 1 heterocycles. The number of likely N-dealkylation sites (tertiary alicyclic amines) is 1. The van der Waals surface area contributed by atoms with Gasteiger partial charge in [-0.1, -0.05) is 73.7 Å². The quantitative estimate of drug-likeness (QED) is 0.457. The first kappa shape index (κ1) is 22.1. The predicted molar refractivity (Wildman–Crippen MR) is 126 cm³/mol. The first-order chi connectivity index (χ1) is 15.2. The average Bonchev–Trinajstić information content (AvgIpc) is 3.13. The average molecular weight is 432 g/mol. The summed E-state index contributed by atoms with van der Waals surface area (Å²) in [7, 11) is 0. The summed E-state index contributed by atoms with van der Waals surface area (Å²) in [6.45, 7) is 8.84. The molecule has 0 bridgehead atoms. The van der Waals surface area contributed by atoms with Crippen LogP contribution in [0, 0.1) is 5.82 Å². The number of carbonyl (C=O) groups is 1. The molecule has 0 saturated carbocycles. The summed E-state index contributed by atoms with van der Waals surface area (Å²) < 4.78 is 19.3. The molecule has 4 rings (SSSR count). The lowest BCUT2D eigenvalue weighted by atomic mass is 9.71. The summed E-state index contributed by atoms with van der Waals surface area (Å²) in [5.41, 5.74) is 3.57. The number of nitrogens with zero attached hydrogens (tertiary/aromatic N) is 1. The second-order valence-electron chi connectivity index (χ2n) is 9.83. The highest BCUT2D eigenvalue weighted by Gasteiger charge is 2.47. The molecular formula is C28H30FNO2. The second-order valence-corrected chi connectivity index (χ2v) is 9.83. The van der Waals surface area contributed by atoms with E-state index >= 15 is 0 Å². The molecule has 1 aliphatic heterocycles. The van der Waals surface area contributed by atoms with Gasteiger partial charge in [-0.25, -0.2) is 9.18 Å². The molecule has 0 aliphatic carbocycles. The highest BCUT2D eigenvalue weighted by molar-refractivity contribution is 5.70. The Hall–Kier alpha value is -3.14. The van der Waals surface area contributed by atoms with Crippen LogP contribution in [0.15, 0.2) is 78.9 Å². The maximum Gasteiger partial charge on any atom is 0.410 e. The number of carbonyl (C=O) groups excluding carboxylic acids is 1. The van der Waals surface area contributed by atoms with E-state index < -0.39 is 5.60 Å². The number of hydrogen-bond donors (Lipinski definition) is 0. The summed E-state index contributed by atoms with van der Waals surface area (Å²) in [6.07, 6.45) is -0.311. The molecule has 3 aromatic carbocycles. The predicted octanol–water partition coefficient (Wildman–Crippen LogP) is 6.78. The molecule has 0 aromatic heterocycles. The highest BCUT2D eigenvalue weighted by atomic mass is 19.1. The van der Waals surface area contributed by atoms with Crippen molar-refractivity contribution >= 4 is 6.09 Å². The third kappa shape index (κ3) is 4.55. The Labute approximate surface area is 189 Å². The smallest absolute Gasteiger partial charge is 0.410 e. The fourth-order valence-corrected chi connectivity index (χ4v) is 4.59. The monoisotopic (exact) mass is 431 g/mol. The number of ether oxygens (including phenoxy) is 1. The Morgan fingerprint density at radius 1 is 0.938 bits per heavy atom. The van der Waals surface area contributed by atoms with Crippen molar-refractivity contribution in [2.75, 3.05) is 13.1 Å². The zero-order chi connectivity index (χ0) is 22.9. The standard InChI is InChI=1S/C28H30FNO2/c1-27(2,3)32-26(31)30-18-25(28(4,19-30)23-14-16-24(29)17-15-23)22-12-10-21(11-13-22)20-8-6-5-7-9-20/h5-17,25H,18-19H2,1-4H3. The molecule has 0 radical (unpaired) electrons. The Bertz CT molecular complexity index is 1070. The van der Waals surface area contributed by atoms with Crippen molar-refractivity contribution in [3.8, 4) is 11.1 Å².